The number of rotatable bonds is 8. The molecule has 0 aromatic heterocycles. The highest BCUT2D eigenvalue weighted by Gasteiger charge is 2.26. The fraction of sp³-hybridized carbons (Fsp3) is 0.238. The van der Waals surface area contributed by atoms with Crippen LogP contribution in [0.3, 0.4) is 0 Å². The molecule has 0 fully saturated rings. The summed E-state index contributed by atoms with van der Waals surface area (Å²) in [5, 5.41) is 4.53. The van der Waals surface area contributed by atoms with Gasteiger partial charge >= 0.3 is 12.0 Å². The van der Waals surface area contributed by atoms with Gasteiger partial charge in [0.1, 0.15) is 5.82 Å². The van der Waals surface area contributed by atoms with E-state index in [9.17, 15) is 23.6 Å². The first-order valence-corrected chi connectivity index (χ1v) is 9.02. The molecule has 152 valence electrons. The van der Waals surface area contributed by atoms with Crippen molar-refractivity contribution in [1.82, 2.24) is 10.6 Å². The van der Waals surface area contributed by atoms with Crippen molar-refractivity contribution in [3.05, 3.63) is 71.5 Å². The molecule has 2 N–H and O–H groups in total. The quantitative estimate of drug-likeness (QED) is 0.524. The third kappa shape index (κ3) is 6.84. The Labute approximate surface area is 167 Å². The van der Waals surface area contributed by atoms with E-state index in [1.54, 1.807) is 37.3 Å². The number of hydrogen-bond acceptors (Lipinski definition) is 5. The van der Waals surface area contributed by atoms with Crippen LogP contribution in [0.15, 0.2) is 54.6 Å². The van der Waals surface area contributed by atoms with Crippen molar-refractivity contribution in [2.45, 2.75) is 25.9 Å². The van der Waals surface area contributed by atoms with Crippen molar-refractivity contribution in [3.8, 4) is 0 Å². The summed E-state index contributed by atoms with van der Waals surface area (Å²) in [6.07, 6.45) is -1.77. The fourth-order valence-electron chi connectivity index (χ4n) is 2.47. The number of imide groups is 1. The number of carbonyl (C=O) groups excluding carboxylic acids is 4. The topological polar surface area (TPSA) is 102 Å². The number of carbonyl (C=O) groups is 4. The first-order chi connectivity index (χ1) is 13.9. The summed E-state index contributed by atoms with van der Waals surface area (Å²) >= 11 is 0. The molecule has 2 rings (SSSR count). The van der Waals surface area contributed by atoms with Crippen LogP contribution in [-0.2, 0) is 14.3 Å². The zero-order valence-corrected chi connectivity index (χ0v) is 15.8. The van der Waals surface area contributed by atoms with E-state index in [1.165, 1.54) is 12.1 Å². The van der Waals surface area contributed by atoms with Gasteiger partial charge in [0.2, 0.25) is 6.10 Å². The van der Waals surface area contributed by atoms with Crippen molar-refractivity contribution >= 4 is 23.7 Å². The van der Waals surface area contributed by atoms with E-state index < -0.39 is 29.8 Å². The number of halogens is 1. The first kappa shape index (κ1) is 21.7. The lowest BCUT2D eigenvalue weighted by atomic mass is 10.1. The number of hydrogen-bond donors (Lipinski definition) is 2. The van der Waals surface area contributed by atoms with Gasteiger partial charge in [-0.25, -0.2) is 9.18 Å². The van der Waals surface area contributed by atoms with Crippen LogP contribution in [0.4, 0.5) is 9.18 Å². The minimum atomic E-state index is -1.34. The molecule has 0 saturated heterocycles. The largest absolute Gasteiger partial charge is 0.447 e. The summed E-state index contributed by atoms with van der Waals surface area (Å²) in [5.74, 6) is -2.41. The molecule has 3 amide bonds. The highest BCUT2D eigenvalue weighted by Crippen LogP contribution is 2.19. The Morgan fingerprint density at radius 1 is 0.966 bits per heavy atom. The molecule has 0 radical (unpaired) electrons. The second-order valence-corrected chi connectivity index (χ2v) is 6.06. The van der Waals surface area contributed by atoms with Gasteiger partial charge in [-0.1, -0.05) is 30.3 Å². The van der Waals surface area contributed by atoms with Gasteiger partial charge in [0.25, 0.3) is 5.91 Å². The van der Waals surface area contributed by atoms with Crippen molar-refractivity contribution in [1.29, 1.82) is 0 Å². The summed E-state index contributed by atoms with van der Waals surface area (Å²) in [5.41, 5.74) is 0.653. The van der Waals surface area contributed by atoms with Gasteiger partial charge in [-0.2, -0.15) is 0 Å². The lowest BCUT2D eigenvalue weighted by Gasteiger charge is -2.17. The fourth-order valence-corrected chi connectivity index (χ4v) is 2.47. The smallest absolute Gasteiger partial charge is 0.321 e. The molecule has 0 aliphatic rings. The number of amides is 3. The van der Waals surface area contributed by atoms with Gasteiger partial charge < -0.3 is 10.1 Å². The maximum Gasteiger partial charge on any atom is 0.321 e. The highest BCUT2D eigenvalue weighted by atomic mass is 19.1. The molecule has 1 atom stereocenters. The molecule has 0 aliphatic heterocycles. The van der Waals surface area contributed by atoms with Crippen LogP contribution in [-0.4, -0.2) is 30.2 Å². The molecular formula is C21H21FN2O5. The molecule has 0 bridgehead atoms. The SMILES string of the molecule is CCNC(=O)NC(=O)C(OC(=O)CCC(=O)c1ccc(F)cc1)c1ccccc1. The number of benzene rings is 2. The molecule has 2 aromatic carbocycles. The lowest BCUT2D eigenvalue weighted by Crippen LogP contribution is -2.42. The van der Waals surface area contributed by atoms with Crippen LogP contribution in [0.25, 0.3) is 0 Å². The van der Waals surface area contributed by atoms with Crippen LogP contribution >= 0.6 is 0 Å². The average Bonchev–Trinajstić information content (AvgIpc) is 2.71. The maximum atomic E-state index is 12.9. The molecular weight excluding hydrogens is 379 g/mol. The van der Waals surface area contributed by atoms with Crippen LogP contribution in [0.5, 0.6) is 0 Å². The Balaban J connectivity index is 2.01. The maximum absolute atomic E-state index is 12.9. The number of nitrogens with one attached hydrogen (secondary N) is 2. The Morgan fingerprint density at radius 2 is 1.62 bits per heavy atom. The Hall–Kier alpha value is -3.55. The minimum Gasteiger partial charge on any atom is -0.447 e. The molecule has 1 unspecified atom stereocenters. The van der Waals surface area contributed by atoms with Gasteiger partial charge in [-0.05, 0) is 31.2 Å². The number of Topliss-reactive ketones (excluding diaryl/α,β-unsaturated/α-hetero) is 1. The molecule has 0 saturated carbocycles. The van der Waals surface area contributed by atoms with E-state index in [0.717, 1.165) is 12.1 Å². The number of urea groups is 1. The zero-order chi connectivity index (χ0) is 21.2. The third-order valence-electron chi connectivity index (χ3n) is 3.89. The number of esters is 1. The Kier molecular flexibility index (Phi) is 8.02. The normalized spacial score (nSPS) is 11.2. The molecule has 0 spiro atoms. The lowest BCUT2D eigenvalue weighted by molar-refractivity contribution is -0.156. The molecule has 2 aromatic rings. The second-order valence-electron chi connectivity index (χ2n) is 6.06. The van der Waals surface area contributed by atoms with Gasteiger partial charge in [-0.3, -0.25) is 19.7 Å². The average molecular weight is 400 g/mol. The molecule has 0 heterocycles. The van der Waals surface area contributed by atoms with Gasteiger partial charge in [0, 0.05) is 24.1 Å². The highest BCUT2D eigenvalue weighted by molar-refractivity contribution is 5.99. The number of ketones is 1. The Bertz CT molecular complexity index is 868. The van der Waals surface area contributed by atoms with Crippen LogP contribution < -0.4 is 10.6 Å². The van der Waals surface area contributed by atoms with Gasteiger partial charge in [0.15, 0.2) is 5.78 Å². The summed E-state index contributed by atoms with van der Waals surface area (Å²) in [4.78, 5) is 48.3. The van der Waals surface area contributed by atoms with E-state index in [0.29, 0.717) is 12.1 Å². The van der Waals surface area contributed by atoms with E-state index in [1.807, 2.05) is 0 Å². The molecule has 7 nitrogen and oxygen atoms in total. The summed E-state index contributed by atoms with van der Waals surface area (Å²) in [6, 6.07) is 12.5. The molecule has 0 aliphatic carbocycles. The van der Waals surface area contributed by atoms with Crippen molar-refractivity contribution in [2.24, 2.45) is 0 Å². The van der Waals surface area contributed by atoms with Crippen LogP contribution in [0.2, 0.25) is 0 Å². The summed E-state index contributed by atoms with van der Waals surface area (Å²) < 4.78 is 18.2. The van der Waals surface area contributed by atoms with Gasteiger partial charge in [-0.15, -0.1) is 0 Å². The third-order valence-corrected chi connectivity index (χ3v) is 3.89. The van der Waals surface area contributed by atoms with Crippen LogP contribution in [0.1, 0.15) is 41.8 Å². The molecule has 29 heavy (non-hydrogen) atoms. The van der Waals surface area contributed by atoms with E-state index in [2.05, 4.69) is 10.6 Å². The van der Waals surface area contributed by atoms with Crippen LogP contribution in [0, 0.1) is 5.82 Å². The standard InChI is InChI=1S/C21H21FN2O5/c1-2-23-21(28)24-20(27)19(15-6-4-3-5-7-15)29-18(26)13-12-17(25)14-8-10-16(22)11-9-14/h3-11,19H,2,12-13H2,1H3,(H2,23,24,27,28). The summed E-state index contributed by atoms with van der Waals surface area (Å²) in [7, 11) is 0. The van der Waals surface area contributed by atoms with Crippen molar-refractivity contribution in [2.75, 3.05) is 6.54 Å². The van der Waals surface area contributed by atoms with E-state index >= 15 is 0 Å². The number of ether oxygens (including phenoxy) is 1. The first-order valence-electron chi connectivity index (χ1n) is 9.02. The second kappa shape index (κ2) is 10.7. The molecule has 8 heteroatoms. The minimum absolute atomic E-state index is 0.163. The Morgan fingerprint density at radius 3 is 2.24 bits per heavy atom. The zero-order valence-electron chi connectivity index (χ0n) is 15.8. The van der Waals surface area contributed by atoms with E-state index in [-0.39, 0.29) is 24.2 Å². The monoisotopic (exact) mass is 400 g/mol. The van der Waals surface area contributed by atoms with E-state index in [4.69, 9.17) is 4.74 Å². The van der Waals surface area contributed by atoms with Crippen molar-refractivity contribution in [3.63, 3.8) is 0 Å². The predicted octanol–water partition coefficient (Wildman–Crippen LogP) is 2.92. The van der Waals surface area contributed by atoms with Crippen molar-refractivity contribution < 1.29 is 28.3 Å². The summed E-state index contributed by atoms with van der Waals surface area (Å²) in [6.45, 7) is 2.01. The predicted molar refractivity (Wildman–Crippen MR) is 102 cm³/mol. The van der Waals surface area contributed by atoms with Gasteiger partial charge in [0.05, 0.1) is 6.42 Å².